The van der Waals surface area contributed by atoms with Crippen molar-refractivity contribution in [3.63, 3.8) is 0 Å². The molecule has 108 valence electrons. The van der Waals surface area contributed by atoms with Crippen LogP contribution in [0.3, 0.4) is 0 Å². The van der Waals surface area contributed by atoms with Gasteiger partial charge in [0.1, 0.15) is 5.75 Å². The molecule has 3 rings (SSSR count). The third-order valence-electron chi connectivity index (χ3n) is 3.72. The van der Waals surface area contributed by atoms with Crippen molar-refractivity contribution in [2.45, 2.75) is 13.0 Å². The normalized spacial score (nSPS) is 13.9. The van der Waals surface area contributed by atoms with Crippen LogP contribution >= 0.6 is 22.6 Å². The van der Waals surface area contributed by atoms with Gasteiger partial charge in [0.2, 0.25) is 0 Å². The topological polar surface area (TPSA) is 66.6 Å². The largest absolute Gasteiger partial charge is 0.507 e. The predicted molar refractivity (Wildman–Crippen MR) is 90.1 cm³/mol. The van der Waals surface area contributed by atoms with Gasteiger partial charge in [-0.3, -0.25) is 4.79 Å². The highest BCUT2D eigenvalue weighted by molar-refractivity contribution is 14.1. The number of nitrogens with two attached hydrogens (primary N) is 1. The van der Waals surface area contributed by atoms with Crippen LogP contribution in [0.25, 0.3) is 0 Å². The lowest BCUT2D eigenvalue weighted by atomic mass is 9.98. The summed E-state index contributed by atoms with van der Waals surface area (Å²) in [6.07, 6.45) is 0.812. The molecule has 0 radical (unpaired) electrons. The Morgan fingerprint density at radius 2 is 2.00 bits per heavy atom. The van der Waals surface area contributed by atoms with E-state index in [1.165, 1.54) is 5.56 Å². The van der Waals surface area contributed by atoms with Crippen LogP contribution in [0.4, 0.5) is 5.69 Å². The highest BCUT2D eigenvalue weighted by atomic mass is 127. The summed E-state index contributed by atoms with van der Waals surface area (Å²) in [5.74, 6) is -0.113. The van der Waals surface area contributed by atoms with E-state index in [-0.39, 0.29) is 11.7 Å². The first-order chi connectivity index (χ1) is 10.0. The molecule has 0 atom stereocenters. The molecule has 2 aromatic carbocycles. The number of halogens is 1. The van der Waals surface area contributed by atoms with Gasteiger partial charge in [-0.25, -0.2) is 0 Å². The fraction of sp³-hybridized carbons (Fsp3) is 0.188. The van der Waals surface area contributed by atoms with E-state index in [1.807, 2.05) is 18.2 Å². The van der Waals surface area contributed by atoms with E-state index in [0.717, 1.165) is 15.6 Å². The first-order valence-electron chi connectivity index (χ1n) is 6.69. The van der Waals surface area contributed by atoms with E-state index in [4.69, 9.17) is 5.73 Å². The summed E-state index contributed by atoms with van der Waals surface area (Å²) in [7, 11) is 0. The van der Waals surface area contributed by atoms with Gasteiger partial charge in [0.05, 0.1) is 5.56 Å². The van der Waals surface area contributed by atoms with Crippen LogP contribution in [0.2, 0.25) is 0 Å². The number of aromatic hydroxyl groups is 1. The smallest absolute Gasteiger partial charge is 0.257 e. The maximum atomic E-state index is 12.6. The SMILES string of the molecule is Nc1ccc2c(c1)CN(C(=O)c1cc(I)ccc1O)CC2. The Bertz CT molecular complexity index is 715. The lowest BCUT2D eigenvalue weighted by Gasteiger charge is -2.29. The van der Waals surface area contributed by atoms with Gasteiger partial charge in [-0.1, -0.05) is 6.07 Å². The van der Waals surface area contributed by atoms with Crippen molar-refractivity contribution in [1.82, 2.24) is 4.90 Å². The first-order valence-corrected chi connectivity index (χ1v) is 7.77. The molecule has 4 nitrogen and oxygen atoms in total. The van der Waals surface area contributed by atoms with Gasteiger partial charge in [-0.05, 0) is 70.5 Å². The fourth-order valence-electron chi connectivity index (χ4n) is 2.60. The Kier molecular flexibility index (Phi) is 3.75. The number of hydrogen-bond acceptors (Lipinski definition) is 3. The van der Waals surface area contributed by atoms with Gasteiger partial charge in [-0.2, -0.15) is 0 Å². The van der Waals surface area contributed by atoms with Crippen molar-refractivity contribution in [2.75, 3.05) is 12.3 Å². The van der Waals surface area contributed by atoms with Crippen molar-refractivity contribution in [3.05, 3.63) is 56.7 Å². The minimum Gasteiger partial charge on any atom is -0.507 e. The molecule has 0 saturated heterocycles. The van der Waals surface area contributed by atoms with E-state index in [1.54, 1.807) is 23.1 Å². The first kappa shape index (κ1) is 14.2. The maximum absolute atomic E-state index is 12.6. The number of anilines is 1. The highest BCUT2D eigenvalue weighted by Crippen LogP contribution is 2.26. The molecular formula is C16H15IN2O2. The third-order valence-corrected chi connectivity index (χ3v) is 4.39. The van der Waals surface area contributed by atoms with E-state index in [2.05, 4.69) is 22.6 Å². The van der Waals surface area contributed by atoms with Crippen LogP contribution < -0.4 is 5.73 Å². The number of rotatable bonds is 1. The molecule has 2 aromatic rings. The number of benzene rings is 2. The molecule has 0 spiro atoms. The second-order valence-corrected chi connectivity index (χ2v) is 6.41. The average Bonchev–Trinajstić information content (AvgIpc) is 2.48. The molecule has 0 saturated carbocycles. The Hall–Kier alpha value is -1.76. The summed E-state index contributed by atoms with van der Waals surface area (Å²) in [5.41, 5.74) is 9.20. The number of carbonyl (C=O) groups excluding carboxylic acids is 1. The van der Waals surface area contributed by atoms with Crippen LogP contribution in [0.15, 0.2) is 36.4 Å². The van der Waals surface area contributed by atoms with Crippen molar-refractivity contribution >= 4 is 34.2 Å². The number of phenols is 1. The van der Waals surface area contributed by atoms with E-state index < -0.39 is 0 Å². The Labute approximate surface area is 136 Å². The second kappa shape index (κ2) is 5.55. The molecule has 21 heavy (non-hydrogen) atoms. The Balaban J connectivity index is 1.88. The number of nitrogens with zero attached hydrogens (tertiary/aromatic N) is 1. The summed E-state index contributed by atoms with van der Waals surface area (Å²) in [4.78, 5) is 14.4. The molecule has 0 bridgehead atoms. The molecule has 0 unspecified atom stereocenters. The lowest BCUT2D eigenvalue weighted by Crippen LogP contribution is -2.36. The minimum absolute atomic E-state index is 0.0267. The number of amides is 1. The number of carbonyl (C=O) groups is 1. The molecule has 5 heteroatoms. The van der Waals surface area contributed by atoms with Gasteiger partial charge in [-0.15, -0.1) is 0 Å². The number of nitrogen functional groups attached to an aromatic ring is 1. The van der Waals surface area contributed by atoms with Crippen molar-refractivity contribution in [2.24, 2.45) is 0 Å². The summed E-state index contributed by atoms with van der Waals surface area (Å²) < 4.78 is 0.926. The monoisotopic (exact) mass is 394 g/mol. The summed E-state index contributed by atoms with van der Waals surface area (Å²) in [6.45, 7) is 1.19. The molecule has 0 aliphatic carbocycles. The Morgan fingerprint density at radius 1 is 1.19 bits per heavy atom. The van der Waals surface area contributed by atoms with Gasteiger partial charge in [0, 0.05) is 22.3 Å². The van der Waals surface area contributed by atoms with Gasteiger partial charge in [0.25, 0.3) is 5.91 Å². The van der Waals surface area contributed by atoms with Crippen LogP contribution in [0, 0.1) is 3.57 Å². The molecular weight excluding hydrogens is 379 g/mol. The minimum atomic E-state index is -0.140. The van der Waals surface area contributed by atoms with Crippen molar-refractivity contribution < 1.29 is 9.90 Å². The van der Waals surface area contributed by atoms with Crippen LogP contribution in [-0.4, -0.2) is 22.5 Å². The number of fused-ring (bicyclic) bond motifs is 1. The number of phenolic OH excluding ortho intramolecular Hbond substituents is 1. The molecule has 0 fully saturated rings. The van der Waals surface area contributed by atoms with Gasteiger partial charge < -0.3 is 15.7 Å². The number of hydrogen-bond donors (Lipinski definition) is 2. The Morgan fingerprint density at radius 3 is 2.81 bits per heavy atom. The zero-order valence-electron chi connectivity index (χ0n) is 11.3. The molecule has 1 aliphatic rings. The summed E-state index contributed by atoms with van der Waals surface area (Å²) in [6, 6.07) is 10.9. The highest BCUT2D eigenvalue weighted by Gasteiger charge is 2.23. The quantitative estimate of drug-likeness (QED) is 0.578. The molecule has 0 aromatic heterocycles. The lowest BCUT2D eigenvalue weighted by molar-refractivity contribution is 0.0731. The van der Waals surface area contributed by atoms with Crippen LogP contribution in [0.1, 0.15) is 21.5 Å². The van der Waals surface area contributed by atoms with Crippen molar-refractivity contribution in [3.8, 4) is 5.75 Å². The van der Waals surface area contributed by atoms with E-state index in [0.29, 0.717) is 24.3 Å². The standard InChI is InChI=1S/C16H15IN2O2/c17-12-2-4-15(20)14(8-12)16(21)19-6-5-10-1-3-13(18)7-11(10)9-19/h1-4,7-8,20H,5-6,9,18H2. The van der Waals surface area contributed by atoms with E-state index in [9.17, 15) is 9.90 Å². The summed E-state index contributed by atoms with van der Waals surface area (Å²) in [5, 5.41) is 9.90. The van der Waals surface area contributed by atoms with Crippen molar-refractivity contribution in [1.29, 1.82) is 0 Å². The maximum Gasteiger partial charge on any atom is 0.257 e. The molecule has 1 aliphatic heterocycles. The predicted octanol–water partition coefficient (Wildman–Crippen LogP) is 2.78. The molecule has 1 heterocycles. The van der Waals surface area contributed by atoms with Crippen LogP contribution in [-0.2, 0) is 13.0 Å². The molecule has 3 N–H and O–H groups in total. The molecule has 1 amide bonds. The van der Waals surface area contributed by atoms with Gasteiger partial charge >= 0.3 is 0 Å². The summed E-state index contributed by atoms with van der Waals surface area (Å²) >= 11 is 2.13. The zero-order chi connectivity index (χ0) is 15.0. The fourth-order valence-corrected chi connectivity index (χ4v) is 3.09. The van der Waals surface area contributed by atoms with Gasteiger partial charge in [0.15, 0.2) is 0 Å². The average molecular weight is 394 g/mol. The van der Waals surface area contributed by atoms with Crippen LogP contribution in [0.5, 0.6) is 5.75 Å². The second-order valence-electron chi connectivity index (χ2n) is 5.17. The third kappa shape index (κ3) is 2.83. The van der Waals surface area contributed by atoms with E-state index >= 15 is 0 Å². The zero-order valence-corrected chi connectivity index (χ0v) is 13.5.